The van der Waals surface area contributed by atoms with Gasteiger partial charge in [-0.25, -0.2) is 9.97 Å². The van der Waals surface area contributed by atoms with Crippen molar-refractivity contribution in [3.8, 4) is 10.6 Å². The maximum absolute atomic E-state index is 9.99. The van der Waals surface area contributed by atoms with Crippen LogP contribution in [0.4, 0.5) is 17.5 Å². The van der Waals surface area contributed by atoms with E-state index < -0.39 is 5.79 Å². The second-order valence-electron chi connectivity index (χ2n) is 9.71. The van der Waals surface area contributed by atoms with Gasteiger partial charge in [-0.3, -0.25) is 0 Å². The summed E-state index contributed by atoms with van der Waals surface area (Å²) in [5.41, 5.74) is 2.81. The van der Waals surface area contributed by atoms with E-state index >= 15 is 0 Å². The number of hydrogen-bond acceptors (Lipinski definition) is 9. The smallest absolute Gasteiger partial charge is 0.229 e. The molecule has 3 aromatic rings. The summed E-state index contributed by atoms with van der Waals surface area (Å²) >= 11 is 1.70. The molecule has 0 amide bonds. The first-order valence-corrected chi connectivity index (χ1v) is 12.9. The monoisotopic (exact) mass is 491 g/mol. The number of aromatic nitrogens is 3. The van der Waals surface area contributed by atoms with Gasteiger partial charge in [0.15, 0.2) is 5.79 Å². The summed E-state index contributed by atoms with van der Waals surface area (Å²) in [6.45, 7) is 3.90. The molecule has 0 bridgehead atoms. The highest BCUT2D eigenvalue weighted by molar-refractivity contribution is 7.15. The van der Waals surface area contributed by atoms with Crippen LogP contribution >= 0.6 is 11.3 Å². The largest absolute Gasteiger partial charge is 0.396 e. The van der Waals surface area contributed by atoms with Crippen molar-refractivity contribution in [2.24, 2.45) is 5.92 Å². The molecule has 4 atom stereocenters. The number of thiazole rings is 1. The number of rotatable bonds is 6. The van der Waals surface area contributed by atoms with Gasteiger partial charge in [-0.2, -0.15) is 4.98 Å². The maximum atomic E-state index is 9.99. The Morgan fingerprint density at radius 2 is 1.97 bits per heavy atom. The Hall–Kier alpha value is -2.85. The molecule has 3 aliphatic rings. The zero-order valence-electron chi connectivity index (χ0n) is 19.8. The minimum Gasteiger partial charge on any atom is -0.396 e. The maximum Gasteiger partial charge on any atom is 0.229 e. The molecule has 6 rings (SSSR count). The first kappa shape index (κ1) is 22.6. The number of anilines is 3. The van der Waals surface area contributed by atoms with E-state index in [0.717, 1.165) is 41.2 Å². The average Bonchev–Trinajstić information content (AvgIpc) is 3.51. The van der Waals surface area contributed by atoms with Gasteiger partial charge in [-0.15, -0.1) is 11.3 Å². The van der Waals surface area contributed by atoms with E-state index in [-0.39, 0.29) is 30.8 Å². The third-order valence-electron chi connectivity index (χ3n) is 6.73. The number of allylic oxidation sites excluding steroid dienone is 1. The van der Waals surface area contributed by atoms with Crippen LogP contribution in [0.1, 0.15) is 37.3 Å². The Labute approximate surface area is 208 Å². The summed E-state index contributed by atoms with van der Waals surface area (Å²) < 4.78 is 12.4. The van der Waals surface area contributed by atoms with Gasteiger partial charge in [0.1, 0.15) is 16.9 Å². The predicted octanol–water partition coefficient (Wildman–Crippen LogP) is 4.62. The number of hydrogen-bond donors (Lipinski definition) is 3. The van der Waals surface area contributed by atoms with E-state index in [2.05, 4.69) is 27.8 Å². The number of nitrogens with zero attached hydrogens (tertiary/aromatic N) is 3. The van der Waals surface area contributed by atoms with Crippen molar-refractivity contribution in [1.29, 1.82) is 0 Å². The van der Waals surface area contributed by atoms with Crippen LogP contribution in [0.5, 0.6) is 0 Å². The van der Waals surface area contributed by atoms with E-state index in [1.807, 2.05) is 50.4 Å². The highest BCUT2D eigenvalue weighted by Gasteiger charge is 2.54. The van der Waals surface area contributed by atoms with Crippen LogP contribution in [0, 0.1) is 5.92 Å². The van der Waals surface area contributed by atoms with Gasteiger partial charge < -0.3 is 25.2 Å². The zero-order valence-corrected chi connectivity index (χ0v) is 20.6. The molecule has 8 nitrogen and oxygen atoms in total. The Bertz CT molecular complexity index is 1250. The molecule has 2 aliphatic carbocycles. The van der Waals surface area contributed by atoms with E-state index in [1.165, 1.54) is 4.88 Å². The molecule has 2 fully saturated rings. The fourth-order valence-corrected chi connectivity index (χ4v) is 6.21. The molecule has 1 saturated heterocycles. The van der Waals surface area contributed by atoms with E-state index in [4.69, 9.17) is 19.4 Å². The number of aryl methyl sites for hydroxylation is 1. The van der Waals surface area contributed by atoms with Crippen LogP contribution < -0.4 is 10.6 Å². The fourth-order valence-electron chi connectivity index (χ4n) is 5.14. The van der Waals surface area contributed by atoms with Gasteiger partial charge in [0, 0.05) is 29.3 Å². The summed E-state index contributed by atoms with van der Waals surface area (Å²) in [5, 5.41) is 17.8. The van der Waals surface area contributed by atoms with Crippen LogP contribution in [-0.4, -0.2) is 50.7 Å². The number of ether oxygens (including phenoxy) is 2. The second-order valence-corrected chi connectivity index (χ2v) is 10.8. The number of nitrogens with one attached hydrogen (secondary N) is 2. The lowest BCUT2D eigenvalue weighted by Crippen LogP contribution is -2.34. The third kappa shape index (κ3) is 4.45. The van der Waals surface area contributed by atoms with Crippen LogP contribution in [0.25, 0.3) is 16.6 Å². The lowest BCUT2D eigenvalue weighted by Gasteiger charge is -2.24. The molecule has 2 aromatic heterocycles. The molecule has 9 heteroatoms. The molecule has 1 aromatic carbocycles. The van der Waals surface area contributed by atoms with Crippen molar-refractivity contribution in [2.75, 3.05) is 17.2 Å². The highest BCUT2D eigenvalue weighted by atomic mass is 32.1. The second kappa shape index (κ2) is 8.98. The van der Waals surface area contributed by atoms with Crippen molar-refractivity contribution >= 4 is 34.9 Å². The van der Waals surface area contributed by atoms with E-state index in [1.54, 1.807) is 11.3 Å². The molecular weight excluding hydrogens is 462 g/mol. The Morgan fingerprint density at radius 3 is 2.77 bits per heavy atom. The van der Waals surface area contributed by atoms with Gasteiger partial charge in [-0.05, 0) is 51.3 Å². The van der Waals surface area contributed by atoms with Gasteiger partial charge in [0.25, 0.3) is 0 Å². The van der Waals surface area contributed by atoms with E-state index in [0.29, 0.717) is 11.8 Å². The van der Waals surface area contributed by atoms with Crippen LogP contribution in [0.2, 0.25) is 0 Å². The number of benzene rings is 1. The van der Waals surface area contributed by atoms with Gasteiger partial charge >= 0.3 is 0 Å². The standard InChI is InChI=1S/C26H29N5O3S/c1-26(2)33-21-15(14-32)12-19(22(21)34-26)29-23-17(24-30-18-10-6-7-11-20(18)35-24)13-27-25(31-23)28-16-8-4-3-5-9-16/h3-6,8-10,13,15,19,21-22,32H,7,11-12,14H2,1-2H3,(H2,27,28,29,31)/t15-,19-,21-,22+/m1/s1. The molecule has 3 N–H and O–H groups in total. The molecule has 182 valence electrons. The molecule has 0 spiro atoms. The molecule has 0 radical (unpaired) electrons. The van der Waals surface area contributed by atoms with Crippen LogP contribution in [0.3, 0.4) is 0 Å². The fraction of sp³-hybridized carbons (Fsp3) is 0.423. The minimum absolute atomic E-state index is 0.00351. The van der Waals surface area contributed by atoms with Crippen molar-refractivity contribution in [2.45, 2.75) is 57.1 Å². The third-order valence-corrected chi connectivity index (χ3v) is 7.89. The minimum atomic E-state index is -0.682. The molecular formula is C26H29N5O3S. The van der Waals surface area contributed by atoms with Gasteiger partial charge in [-0.1, -0.05) is 24.3 Å². The lowest BCUT2D eigenvalue weighted by molar-refractivity contribution is -0.158. The SMILES string of the molecule is CC1(C)O[C@@H]2[C@@H](CO)C[C@@H](Nc3nc(Nc4ccccc4)ncc3-c3nc4c(s3)CCC=C4)[C@@H]2O1. The average molecular weight is 492 g/mol. The van der Waals surface area contributed by atoms with E-state index in [9.17, 15) is 5.11 Å². The number of fused-ring (bicyclic) bond motifs is 2. The molecule has 1 saturated carbocycles. The summed E-state index contributed by atoms with van der Waals surface area (Å²) in [7, 11) is 0. The first-order valence-electron chi connectivity index (χ1n) is 12.1. The zero-order chi connectivity index (χ0) is 24.0. The highest BCUT2D eigenvalue weighted by Crippen LogP contribution is 2.43. The quantitative estimate of drug-likeness (QED) is 0.459. The summed E-state index contributed by atoms with van der Waals surface area (Å²) in [6.07, 6.45) is 8.53. The molecule has 3 heterocycles. The summed E-state index contributed by atoms with van der Waals surface area (Å²) in [4.78, 5) is 15.6. The molecule has 0 unspecified atom stereocenters. The van der Waals surface area contributed by atoms with Crippen molar-refractivity contribution in [3.05, 3.63) is 53.2 Å². The van der Waals surface area contributed by atoms with Gasteiger partial charge in [0.05, 0.1) is 23.4 Å². The number of aliphatic hydroxyl groups is 1. The van der Waals surface area contributed by atoms with Crippen LogP contribution in [-0.2, 0) is 15.9 Å². The first-order chi connectivity index (χ1) is 17.0. The molecule has 1 aliphatic heterocycles. The number of para-hydroxylation sites is 1. The van der Waals surface area contributed by atoms with Crippen molar-refractivity contribution in [3.63, 3.8) is 0 Å². The Morgan fingerprint density at radius 1 is 1.14 bits per heavy atom. The summed E-state index contributed by atoms with van der Waals surface area (Å²) in [5.74, 6) is 0.520. The Kier molecular flexibility index (Phi) is 5.80. The lowest BCUT2D eigenvalue weighted by atomic mass is 10.1. The normalized spacial score (nSPS) is 26.4. The topological polar surface area (TPSA) is 101 Å². The Balaban J connectivity index is 1.35. The van der Waals surface area contributed by atoms with Crippen LogP contribution in [0.15, 0.2) is 42.6 Å². The van der Waals surface area contributed by atoms with Crippen molar-refractivity contribution < 1.29 is 14.6 Å². The molecule has 35 heavy (non-hydrogen) atoms. The van der Waals surface area contributed by atoms with Crippen molar-refractivity contribution in [1.82, 2.24) is 15.0 Å². The number of aliphatic hydroxyl groups excluding tert-OH is 1. The van der Waals surface area contributed by atoms with Gasteiger partial charge in [0.2, 0.25) is 5.95 Å². The predicted molar refractivity (Wildman–Crippen MR) is 137 cm³/mol. The summed E-state index contributed by atoms with van der Waals surface area (Å²) in [6, 6.07) is 9.80.